The molecule has 0 radical (unpaired) electrons. The van der Waals surface area contributed by atoms with Gasteiger partial charge in [-0.15, -0.1) is 11.6 Å². The summed E-state index contributed by atoms with van der Waals surface area (Å²) < 4.78 is 38.4. The molecule has 0 atom stereocenters. The van der Waals surface area contributed by atoms with Gasteiger partial charge in [-0.25, -0.2) is 4.98 Å². The van der Waals surface area contributed by atoms with Crippen LogP contribution in [0.5, 0.6) is 0 Å². The molecule has 1 heterocycles. The Morgan fingerprint density at radius 1 is 1.32 bits per heavy atom. The van der Waals surface area contributed by atoms with Crippen LogP contribution in [0.4, 0.5) is 13.2 Å². The van der Waals surface area contributed by atoms with E-state index in [4.69, 9.17) is 11.6 Å². The molecule has 0 saturated heterocycles. The average molecular weight is 291 g/mol. The minimum atomic E-state index is -4.12. The lowest BCUT2D eigenvalue weighted by Gasteiger charge is -2.09. The molecule has 2 aromatic rings. The first-order valence-electron chi connectivity index (χ1n) is 5.99. The molecule has 0 spiro atoms. The predicted molar refractivity (Wildman–Crippen MR) is 69.3 cm³/mol. The van der Waals surface area contributed by atoms with Crippen LogP contribution < -0.4 is 0 Å². The largest absolute Gasteiger partial charge is 0.389 e. The van der Waals surface area contributed by atoms with Crippen molar-refractivity contribution in [2.24, 2.45) is 0 Å². The van der Waals surface area contributed by atoms with E-state index in [9.17, 15) is 13.2 Å². The zero-order chi connectivity index (χ0) is 14.0. The molecule has 0 unspecified atom stereocenters. The zero-order valence-electron chi connectivity index (χ0n) is 10.5. The van der Waals surface area contributed by atoms with Crippen molar-refractivity contribution in [1.29, 1.82) is 0 Å². The Morgan fingerprint density at radius 3 is 2.68 bits per heavy atom. The van der Waals surface area contributed by atoms with Gasteiger partial charge in [-0.05, 0) is 31.0 Å². The third-order valence-corrected chi connectivity index (χ3v) is 3.18. The lowest BCUT2D eigenvalue weighted by Crippen LogP contribution is -2.10. The summed E-state index contributed by atoms with van der Waals surface area (Å²) in [5.41, 5.74) is 2.66. The third kappa shape index (κ3) is 3.41. The molecule has 2 nitrogen and oxygen atoms in total. The summed E-state index contributed by atoms with van der Waals surface area (Å²) in [5, 5.41) is 0. The fourth-order valence-electron chi connectivity index (χ4n) is 2.07. The molecular weight excluding hydrogens is 277 g/mol. The highest BCUT2D eigenvalue weighted by Gasteiger charge is 2.26. The molecule has 0 aliphatic heterocycles. The summed E-state index contributed by atoms with van der Waals surface area (Å²) in [7, 11) is 0. The summed E-state index contributed by atoms with van der Waals surface area (Å²) in [4.78, 5) is 4.34. The first kappa shape index (κ1) is 14.2. The standard InChI is InChI=1S/C13H14ClF3N2/c1-9-3-4-10-11(7-9)19(12(8-14)18-10)6-2-5-13(15,16)17/h3-4,7H,2,5-6,8H2,1H3. The van der Waals surface area contributed by atoms with Gasteiger partial charge in [0.05, 0.1) is 16.9 Å². The van der Waals surface area contributed by atoms with Crippen molar-refractivity contribution in [2.75, 3.05) is 0 Å². The van der Waals surface area contributed by atoms with Gasteiger partial charge in [0.1, 0.15) is 5.82 Å². The topological polar surface area (TPSA) is 17.8 Å². The zero-order valence-corrected chi connectivity index (χ0v) is 11.2. The molecule has 2 rings (SSSR count). The fraction of sp³-hybridized carbons (Fsp3) is 0.462. The number of alkyl halides is 4. The number of rotatable bonds is 4. The van der Waals surface area contributed by atoms with Crippen molar-refractivity contribution in [3.05, 3.63) is 29.6 Å². The molecule has 104 valence electrons. The van der Waals surface area contributed by atoms with Crippen molar-refractivity contribution >= 4 is 22.6 Å². The van der Waals surface area contributed by atoms with Crippen molar-refractivity contribution in [2.45, 2.75) is 38.4 Å². The van der Waals surface area contributed by atoms with Crippen LogP contribution >= 0.6 is 11.6 Å². The maximum absolute atomic E-state index is 12.2. The molecule has 6 heteroatoms. The van der Waals surface area contributed by atoms with Crippen LogP contribution in [0, 0.1) is 6.92 Å². The molecule has 1 aromatic carbocycles. The summed E-state index contributed by atoms with van der Waals surface area (Å²) in [5.74, 6) is 0.809. The Kier molecular flexibility index (Phi) is 4.04. The highest BCUT2D eigenvalue weighted by Crippen LogP contribution is 2.24. The van der Waals surface area contributed by atoms with Gasteiger partial charge in [0.15, 0.2) is 0 Å². The predicted octanol–water partition coefficient (Wildman–Crippen LogP) is 4.43. The van der Waals surface area contributed by atoms with Crippen molar-refractivity contribution in [3.8, 4) is 0 Å². The van der Waals surface area contributed by atoms with Gasteiger partial charge in [0, 0.05) is 13.0 Å². The Labute approximate surface area is 114 Å². The van der Waals surface area contributed by atoms with Gasteiger partial charge in [-0.2, -0.15) is 13.2 Å². The fourth-order valence-corrected chi connectivity index (χ4v) is 2.28. The van der Waals surface area contributed by atoms with Crippen LogP contribution in [0.15, 0.2) is 18.2 Å². The minimum Gasteiger partial charge on any atom is -0.327 e. The molecule has 1 aromatic heterocycles. The van der Waals surface area contributed by atoms with E-state index >= 15 is 0 Å². The Morgan fingerprint density at radius 2 is 2.05 bits per heavy atom. The Balaban J connectivity index is 2.27. The maximum atomic E-state index is 12.2. The van der Waals surface area contributed by atoms with Gasteiger partial charge >= 0.3 is 6.18 Å². The number of imidazole rings is 1. The maximum Gasteiger partial charge on any atom is 0.389 e. The summed E-state index contributed by atoms with van der Waals surface area (Å²) in [6.07, 6.45) is -4.87. The number of nitrogens with zero attached hydrogens (tertiary/aromatic N) is 2. The van der Waals surface area contributed by atoms with Crippen molar-refractivity contribution < 1.29 is 13.2 Å². The van der Waals surface area contributed by atoms with E-state index in [0.717, 1.165) is 16.6 Å². The number of aryl methyl sites for hydroxylation is 2. The number of hydrogen-bond donors (Lipinski definition) is 0. The van der Waals surface area contributed by atoms with Gasteiger partial charge < -0.3 is 4.57 Å². The quantitative estimate of drug-likeness (QED) is 0.762. The minimum absolute atomic E-state index is 0.0345. The molecular formula is C13H14ClF3N2. The van der Waals surface area contributed by atoms with E-state index < -0.39 is 12.6 Å². The smallest absolute Gasteiger partial charge is 0.327 e. The average Bonchev–Trinajstić information content (AvgIpc) is 2.65. The normalized spacial score (nSPS) is 12.3. The van der Waals surface area contributed by atoms with Crippen LogP contribution in [0.3, 0.4) is 0 Å². The Hall–Kier alpha value is -1.23. The van der Waals surface area contributed by atoms with Crippen LogP contribution in [0.2, 0.25) is 0 Å². The molecule has 0 aliphatic carbocycles. The molecule has 0 N–H and O–H groups in total. The lowest BCUT2D eigenvalue weighted by atomic mass is 10.2. The summed E-state index contributed by atoms with van der Waals surface area (Å²) in [6, 6.07) is 5.71. The third-order valence-electron chi connectivity index (χ3n) is 2.94. The number of halogens is 4. The summed E-state index contributed by atoms with van der Waals surface area (Å²) in [6.45, 7) is 2.22. The van der Waals surface area contributed by atoms with Crippen LogP contribution in [-0.2, 0) is 12.4 Å². The number of fused-ring (bicyclic) bond motifs is 1. The molecule has 0 fully saturated rings. The van der Waals surface area contributed by atoms with E-state index in [1.165, 1.54) is 0 Å². The second kappa shape index (κ2) is 5.41. The van der Waals surface area contributed by atoms with E-state index in [1.54, 1.807) is 4.57 Å². The van der Waals surface area contributed by atoms with Crippen LogP contribution in [-0.4, -0.2) is 15.7 Å². The van der Waals surface area contributed by atoms with Gasteiger partial charge in [0.25, 0.3) is 0 Å². The van der Waals surface area contributed by atoms with Gasteiger partial charge in [-0.3, -0.25) is 0 Å². The highest BCUT2D eigenvalue weighted by atomic mass is 35.5. The first-order valence-corrected chi connectivity index (χ1v) is 6.52. The van der Waals surface area contributed by atoms with Crippen molar-refractivity contribution in [3.63, 3.8) is 0 Å². The molecule has 0 amide bonds. The molecule has 0 bridgehead atoms. The van der Waals surface area contributed by atoms with Crippen LogP contribution in [0.25, 0.3) is 11.0 Å². The van der Waals surface area contributed by atoms with Crippen LogP contribution in [0.1, 0.15) is 24.2 Å². The van der Waals surface area contributed by atoms with E-state index in [1.807, 2.05) is 25.1 Å². The van der Waals surface area contributed by atoms with E-state index in [-0.39, 0.29) is 18.8 Å². The number of hydrogen-bond acceptors (Lipinski definition) is 1. The molecule has 0 saturated carbocycles. The van der Waals surface area contributed by atoms with E-state index in [0.29, 0.717) is 5.82 Å². The number of benzene rings is 1. The second-order valence-electron chi connectivity index (χ2n) is 4.52. The first-order chi connectivity index (χ1) is 8.90. The molecule has 19 heavy (non-hydrogen) atoms. The van der Waals surface area contributed by atoms with E-state index in [2.05, 4.69) is 4.98 Å². The highest BCUT2D eigenvalue weighted by molar-refractivity contribution is 6.16. The SMILES string of the molecule is Cc1ccc2nc(CCl)n(CCCC(F)(F)F)c2c1. The summed E-state index contributed by atoms with van der Waals surface area (Å²) >= 11 is 5.81. The second-order valence-corrected chi connectivity index (χ2v) is 4.79. The monoisotopic (exact) mass is 290 g/mol. The van der Waals surface area contributed by atoms with Crippen molar-refractivity contribution in [1.82, 2.24) is 9.55 Å². The van der Waals surface area contributed by atoms with Gasteiger partial charge in [-0.1, -0.05) is 6.07 Å². The molecule has 0 aliphatic rings. The Bertz CT molecular complexity index is 575. The van der Waals surface area contributed by atoms with Gasteiger partial charge in [0.2, 0.25) is 0 Å². The lowest BCUT2D eigenvalue weighted by molar-refractivity contribution is -0.135. The number of aromatic nitrogens is 2.